The average molecular weight is 358 g/mol. The minimum absolute atomic E-state index is 0.0157. The second-order valence-corrected chi connectivity index (χ2v) is 7.66. The molecule has 1 N–H and O–H groups in total. The first-order valence-corrected chi connectivity index (χ1v) is 9.76. The van der Waals surface area contributed by atoms with Crippen LogP contribution in [0.4, 0.5) is 0 Å². The van der Waals surface area contributed by atoms with Crippen molar-refractivity contribution in [2.75, 3.05) is 13.1 Å². The summed E-state index contributed by atoms with van der Waals surface area (Å²) in [5.74, 6) is 1.52. The molecule has 2 aliphatic rings. The maximum absolute atomic E-state index is 12.4. The standard InChI is InChI=1S/C18H22N4O2S/c23-17-8-15(9-19-18(24)14-4-7-25-12-14)20-16-11-21(10-13-2-3-13)5-1-6-22(16)17/h4,7-8,12-13H,1-3,5-6,9-11H2,(H,19,24). The molecule has 2 aromatic heterocycles. The topological polar surface area (TPSA) is 67.2 Å². The molecule has 1 amide bonds. The van der Waals surface area contributed by atoms with E-state index in [-0.39, 0.29) is 18.0 Å². The van der Waals surface area contributed by atoms with Crippen molar-refractivity contribution in [3.8, 4) is 0 Å². The monoisotopic (exact) mass is 358 g/mol. The summed E-state index contributed by atoms with van der Waals surface area (Å²) in [7, 11) is 0. The molecule has 1 aliphatic carbocycles. The lowest BCUT2D eigenvalue weighted by Gasteiger charge is -2.19. The van der Waals surface area contributed by atoms with Gasteiger partial charge in [0, 0.05) is 36.6 Å². The Labute approximate surface area is 150 Å². The maximum Gasteiger partial charge on any atom is 0.253 e. The van der Waals surface area contributed by atoms with Crippen molar-refractivity contribution >= 4 is 17.2 Å². The lowest BCUT2D eigenvalue weighted by atomic mass is 10.3. The SMILES string of the molecule is O=C(NCc1cc(=O)n2c(n1)CN(CC1CC1)CCC2)c1ccsc1. The molecule has 132 valence electrons. The van der Waals surface area contributed by atoms with Crippen LogP contribution >= 0.6 is 11.3 Å². The van der Waals surface area contributed by atoms with Crippen molar-refractivity contribution in [2.24, 2.45) is 5.92 Å². The lowest BCUT2D eigenvalue weighted by Crippen LogP contribution is -2.30. The molecular formula is C18H22N4O2S. The van der Waals surface area contributed by atoms with Crippen LogP contribution in [-0.4, -0.2) is 33.4 Å². The molecule has 0 atom stereocenters. The van der Waals surface area contributed by atoms with Crippen LogP contribution in [-0.2, 0) is 19.6 Å². The van der Waals surface area contributed by atoms with Crippen molar-refractivity contribution in [2.45, 2.75) is 38.9 Å². The van der Waals surface area contributed by atoms with Crippen molar-refractivity contribution in [3.63, 3.8) is 0 Å². The molecule has 1 saturated carbocycles. The van der Waals surface area contributed by atoms with Gasteiger partial charge in [-0.3, -0.25) is 19.1 Å². The van der Waals surface area contributed by atoms with Crippen LogP contribution in [0.25, 0.3) is 0 Å². The molecule has 0 bridgehead atoms. The summed E-state index contributed by atoms with van der Waals surface area (Å²) in [5, 5.41) is 6.53. The van der Waals surface area contributed by atoms with Gasteiger partial charge in [0.2, 0.25) is 0 Å². The summed E-state index contributed by atoms with van der Waals surface area (Å²) in [5.41, 5.74) is 1.26. The Morgan fingerprint density at radius 3 is 3.00 bits per heavy atom. The first-order chi connectivity index (χ1) is 12.2. The fourth-order valence-corrected chi connectivity index (χ4v) is 3.91. The predicted molar refractivity (Wildman–Crippen MR) is 96.6 cm³/mol. The van der Waals surface area contributed by atoms with Crippen LogP contribution in [0, 0.1) is 5.92 Å². The number of carbonyl (C=O) groups is 1. The molecule has 0 radical (unpaired) electrons. The van der Waals surface area contributed by atoms with Crippen molar-refractivity contribution in [1.82, 2.24) is 19.8 Å². The van der Waals surface area contributed by atoms with Crippen LogP contribution in [0.15, 0.2) is 27.7 Å². The highest BCUT2D eigenvalue weighted by atomic mass is 32.1. The van der Waals surface area contributed by atoms with Gasteiger partial charge in [0.05, 0.1) is 18.8 Å². The zero-order valence-corrected chi connectivity index (χ0v) is 14.9. The van der Waals surface area contributed by atoms with Crippen LogP contribution in [0.1, 0.15) is 41.1 Å². The van der Waals surface area contributed by atoms with Crippen molar-refractivity contribution in [3.05, 3.63) is 50.3 Å². The van der Waals surface area contributed by atoms with Gasteiger partial charge >= 0.3 is 0 Å². The number of nitrogens with one attached hydrogen (secondary N) is 1. The van der Waals surface area contributed by atoms with Crippen LogP contribution < -0.4 is 10.9 Å². The molecule has 1 aliphatic heterocycles. The van der Waals surface area contributed by atoms with E-state index in [1.165, 1.54) is 24.2 Å². The zero-order valence-electron chi connectivity index (χ0n) is 14.1. The van der Waals surface area contributed by atoms with Gasteiger partial charge in [0.25, 0.3) is 11.5 Å². The Kier molecular flexibility index (Phi) is 4.67. The van der Waals surface area contributed by atoms with Gasteiger partial charge in [-0.1, -0.05) is 0 Å². The van der Waals surface area contributed by atoms with Crippen LogP contribution in [0.3, 0.4) is 0 Å². The second-order valence-electron chi connectivity index (χ2n) is 6.88. The minimum atomic E-state index is -0.131. The third-order valence-electron chi connectivity index (χ3n) is 4.79. The fourth-order valence-electron chi connectivity index (χ4n) is 3.28. The fraction of sp³-hybridized carbons (Fsp3) is 0.500. The van der Waals surface area contributed by atoms with Gasteiger partial charge in [-0.15, -0.1) is 0 Å². The number of rotatable bonds is 5. The summed E-state index contributed by atoms with van der Waals surface area (Å²) in [6.45, 7) is 3.85. The van der Waals surface area contributed by atoms with E-state index in [0.29, 0.717) is 11.3 Å². The van der Waals surface area contributed by atoms with E-state index in [1.807, 2.05) is 10.8 Å². The highest BCUT2D eigenvalue weighted by molar-refractivity contribution is 7.08. The maximum atomic E-state index is 12.4. The Morgan fingerprint density at radius 2 is 2.24 bits per heavy atom. The summed E-state index contributed by atoms with van der Waals surface area (Å²) >= 11 is 1.49. The summed E-state index contributed by atoms with van der Waals surface area (Å²) in [4.78, 5) is 31.6. The summed E-state index contributed by atoms with van der Waals surface area (Å²) in [6, 6.07) is 3.34. The number of carbonyl (C=O) groups excluding carboxylic acids is 1. The Balaban J connectivity index is 1.48. The molecule has 7 heteroatoms. The van der Waals surface area contributed by atoms with Crippen LogP contribution in [0.2, 0.25) is 0 Å². The number of hydrogen-bond acceptors (Lipinski definition) is 5. The number of aromatic nitrogens is 2. The van der Waals surface area contributed by atoms with E-state index in [2.05, 4.69) is 15.2 Å². The predicted octanol–water partition coefficient (Wildman–Crippen LogP) is 1.85. The van der Waals surface area contributed by atoms with Gasteiger partial charge in [-0.05, 0) is 36.6 Å². The van der Waals surface area contributed by atoms with Crippen molar-refractivity contribution in [1.29, 1.82) is 0 Å². The first kappa shape index (κ1) is 16.5. The quantitative estimate of drug-likeness (QED) is 0.886. The van der Waals surface area contributed by atoms with E-state index in [9.17, 15) is 9.59 Å². The Bertz CT molecular complexity index is 811. The summed E-state index contributed by atoms with van der Waals surface area (Å²) in [6.07, 6.45) is 3.63. The molecular weight excluding hydrogens is 336 g/mol. The Hall–Kier alpha value is -1.99. The number of amides is 1. The lowest BCUT2D eigenvalue weighted by molar-refractivity contribution is 0.0950. The van der Waals surface area contributed by atoms with Gasteiger partial charge in [-0.25, -0.2) is 4.98 Å². The molecule has 4 rings (SSSR count). The molecule has 0 unspecified atom stereocenters. The van der Waals surface area contributed by atoms with Crippen molar-refractivity contribution < 1.29 is 4.79 Å². The molecule has 3 heterocycles. The zero-order chi connectivity index (χ0) is 17.2. The summed E-state index contributed by atoms with van der Waals surface area (Å²) < 4.78 is 1.79. The van der Waals surface area contributed by atoms with E-state index in [4.69, 9.17) is 0 Å². The first-order valence-electron chi connectivity index (χ1n) is 8.81. The highest BCUT2D eigenvalue weighted by Gasteiger charge is 2.26. The largest absolute Gasteiger partial charge is 0.346 e. The molecule has 1 fully saturated rings. The van der Waals surface area contributed by atoms with E-state index >= 15 is 0 Å². The molecule has 6 nitrogen and oxygen atoms in total. The number of fused-ring (bicyclic) bond motifs is 1. The molecule has 0 aromatic carbocycles. The van der Waals surface area contributed by atoms with Gasteiger partial charge in [0.15, 0.2) is 0 Å². The van der Waals surface area contributed by atoms with Gasteiger partial charge in [0.1, 0.15) is 5.82 Å². The minimum Gasteiger partial charge on any atom is -0.346 e. The van der Waals surface area contributed by atoms with Gasteiger partial charge < -0.3 is 5.32 Å². The molecule has 0 saturated heterocycles. The second kappa shape index (κ2) is 7.09. The smallest absolute Gasteiger partial charge is 0.253 e. The Morgan fingerprint density at radius 1 is 1.36 bits per heavy atom. The number of thiophene rings is 1. The molecule has 25 heavy (non-hydrogen) atoms. The third kappa shape index (κ3) is 3.99. The number of nitrogens with zero attached hydrogens (tertiary/aromatic N) is 3. The van der Waals surface area contributed by atoms with E-state index in [0.717, 1.165) is 44.3 Å². The average Bonchev–Trinajstić information content (AvgIpc) is 3.28. The molecule has 2 aromatic rings. The normalized spacial score (nSPS) is 17.8. The van der Waals surface area contributed by atoms with Crippen LogP contribution in [0.5, 0.6) is 0 Å². The van der Waals surface area contributed by atoms with E-state index in [1.54, 1.807) is 16.7 Å². The molecule has 0 spiro atoms. The third-order valence-corrected chi connectivity index (χ3v) is 5.47. The highest BCUT2D eigenvalue weighted by Crippen LogP contribution is 2.30. The van der Waals surface area contributed by atoms with E-state index < -0.39 is 0 Å². The van der Waals surface area contributed by atoms with Gasteiger partial charge in [-0.2, -0.15) is 11.3 Å². The number of hydrogen-bond donors (Lipinski definition) is 1.